The highest BCUT2D eigenvalue weighted by molar-refractivity contribution is 5.93. The van der Waals surface area contributed by atoms with E-state index in [0.29, 0.717) is 0 Å². The minimum absolute atomic E-state index is 0.0275. The molecule has 78 valence electrons. The lowest BCUT2D eigenvalue weighted by molar-refractivity contribution is -0.145. The van der Waals surface area contributed by atoms with Crippen LogP contribution in [-0.4, -0.2) is 24.4 Å². The lowest BCUT2D eigenvalue weighted by Gasteiger charge is -2.07. The molecule has 0 unspecified atom stereocenters. The van der Waals surface area contributed by atoms with Gasteiger partial charge in [-0.25, -0.2) is 0 Å². The third-order valence-electron chi connectivity index (χ3n) is 1.42. The number of carbonyl (C=O) groups excluding carboxylic acids is 2. The molecule has 2 N–H and O–H groups in total. The van der Waals surface area contributed by atoms with E-state index >= 15 is 0 Å². The van der Waals surface area contributed by atoms with Crippen LogP contribution in [0.1, 0.15) is 13.3 Å². The summed E-state index contributed by atoms with van der Waals surface area (Å²) in [5, 5.41) is 0. The highest BCUT2D eigenvalue weighted by Crippen LogP contribution is 1.95. The van der Waals surface area contributed by atoms with Gasteiger partial charge in [-0.1, -0.05) is 18.7 Å². The lowest BCUT2D eigenvalue weighted by atomic mass is 10.1. The molecule has 0 spiro atoms. The molecule has 0 amide bonds. The highest BCUT2D eigenvalue weighted by atomic mass is 16.5. The van der Waals surface area contributed by atoms with Crippen molar-refractivity contribution in [1.29, 1.82) is 0 Å². The number of esters is 1. The first-order valence-corrected chi connectivity index (χ1v) is 4.30. The molecule has 4 nitrogen and oxygen atoms in total. The summed E-state index contributed by atoms with van der Waals surface area (Å²) in [7, 11) is 0. The van der Waals surface area contributed by atoms with Gasteiger partial charge in [0.15, 0.2) is 5.78 Å². The zero-order valence-corrected chi connectivity index (χ0v) is 8.23. The van der Waals surface area contributed by atoms with Crippen molar-refractivity contribution in [1.82, 2.24) is 0 Å². The van der Waals surface area contributed by atoms with Gasteiger partial charge in [0.05, 0.1) is 0 Å². The van der Waals surface area contributed by atoms with E-state index in [4.69, 9.17) is 5.73 Å². The monoisotopic (exact) mass is 197 g/mol. The van der Waals surface area contributed by atoms with Gasteiger partial charge in [-0.15, -0.1) is 0 Å². The fourth-order valence-corrected chi connectivity index (χ4v) is 0.802. The van der Waals surface area contributed by atoms with Crippen molar-refractivity contribution in [3.8, 4) is 0 Å². The van der Waals surface area contributed by atoms with Gasteiger partial charge >= 0.3 is 5.97 Å². The first-order valence-electron chi connectivity index (χ1n) is 4.30. The number of carbonyl (C=O) groups is 2. The number of hydrogen-bond acceptors (Lipinski definition) is 4. The number of hydrogen-bond donors (Lipinski definition) is 1. The van der Waals surface area contributed by atoms with Crippen LogP contribution in [0.4, 0.5) is 0 Å². The molecular weight excluding hydrogens is 182 g/mol. The average Bonchev–Trinajstić information content (AvgIpc) is 2.14. The second-order valence-electron chi connectivity index (χ2n) is 2.70. The maximum Gasteiger partial charge on any atom is 0.323 e. The van der Waals surface area contributed by atoms with E-state index in [1.807, 2.05) is 0 Å². The van der Waals surface area contributed by atoms with Crippen LogP contribution in [0.2, 0.25) is 0 Å². The molecule has 0 aromatic rings. The zero-order chi connectivity index (χ0) is 11.0. The van der Waals surface area contributed by atoms with Crippen molar-refractivity contribution in [3.63, 3.8) is 0 Å². The molecule has 4 heteroatoms. The summed E-state index contributed by atoms with van der Waals surface area (Å²) in [6.07, 6.45) is 4.39. The van der Waals surface area contributed by atoms with Gasteiger partial charge in [0.25, 0.3) is 0 Å². The molecule has 0 saturated carbocycles. The number of ether oxygens (including phenoxy) is 1. The van der Waals surface area contributed by atoms with E-state index < -0.39 is 12.0 Å². The summed E-state index contributed by atoms with van der Waals surface area (Å²) in [5.74, 6) is -0.765. The van der Waals surface area contributed by atoms with Gasteiger partial charge in [-0.05, 0) is 13.0 Å². The number of rotatable bonds is 6. The summed E-state index contributed by atoms with van der Waals surface area (Å²) < 4.78 is 4.67. The maximum atomic E-state index is 11.1. The van der Waals surface area contributed by atoms with E-state index in [2.05, 4.69) is 11.3 Å². The second-order valence-corrected chi connectivity index (χ2v) is 2.70. The summed E-state index contributed by atoms with van der Waals surface area (Å²) in [6.45, 7) is 5.22. The molecule has 0 saturated heterocycles. The van der Waals surface area contributed by atoms with Gasteiger partial charge in [0, 0.05) is 6.42 Å². The van der Waals surface area contributed by atoms with Gasteiger partial charge in [-0.2, -0.15) is 0 Å². The Bertz CT molecular complexity index is 246. The second kappa shape index (κ2) is 7.03. The topological polar surface area (TPSA) is 69.4 Å². The zero-order valence-electron chi connectivity index (χ0n) is 8.23. The number of allylic oxidation sites excluding steroid dienone is 2. The van der Waals surface area contributed by atoms with Crippen LogP contribution in [0.3, 0.4) is 0 Å². The Morgan fingerprint density at radius 3 is 2.71 bits per heavy atom. The molecule has 0 rings (SSSR count). The third kappa shape index (κ3) is 5.27. The van der Waals surface area contributed by atoms with E-state index in [1.165, 1.54) is 12.2 Å². The Morgan fingerprint density at radius 2 is 2.21 bits per heavy atom. The Morgan fingerprint density at radius 1 is 1.57 bits per heavy atom. The Kier molecular flexibility index (Phi) is 6.32. The van der Waals surface area contributed by atoms with Crippen LogP contribution in [0, 0.1) is 0 Å². The van der Waals surface area contributed by atoms with E-state index in [9.17, 15) is 9.59 Å². The normalized spacial score (nSPS) is 12.4. The Hall–Kier alpha value is -1.42. The van der Waals surface area contributed by atoms with Crippen LogP contribution < -0.4 is 5.73 Å². The smallest absolute Gasteiger partial charge is 0.323 e. The fourth-order valence-electron chi connectivity index (χ4n) is 0.802. The lowest BCUT2D eigenvalue weighted by Crippen LogP contribution is -2.34. The van der Waals surface area contributed by atoms with Crippen molar-refractivity contribution in [2.24, 2.45) is 5.73 Å². The third-order valence-corrected chi connectivity index (χ3v) is 1.42. The number of ketones is 1. The van der Waals surface area contributed by atoms with Gasteiger partial charge in [0.2, 0.25) is 0 Å². The van der Waals surface area contributed by atoms with Crippen LogP contribution in [-0.2, 0) is 14.3 Å². The minimum atomic E-state index is -0.890. The van der Waals surface area contributed by atoms with Gasteiger partial charge < -0.3 is 10.5 Å². The van der Waals surface area contributed by atoms with Crippen LogP contribution >= 0.6 is 0 Å². The van der Waals surface area contributed by atoms with E-state index in [1.54, 1.807) is 13.0 Å². The number of nitrogens with two attached hydrogens (primary N) is 1. The molecule has 0 aromatic carbocycles. The first-order chi connectivity index (χ1) is 6.61. The molecule has 0 bridgehead atoms. The molecule has 0 heterocycles. The fraction of sp³-hybridized carbons (Fsp3) is 0.400. The van der Waals surface area contributed by atoms with E-state index in [-0.39, 0.29) is 18.8 Å². The molecule has 0 aliphatic rings. The minimum Gasteiger partial charge on any atom is -0.460 e. The summed E-state index contributed by atoms with van der Waals surface area (Å²) in [5.41, 5.74) is 5.43. The van der Waals surface area contributed by atoms with Crippen LogP contribution in [0.15, 0.2) is 24.8 Å². The van der Waals surface area contributed by atoms with E-state index in [0.717, 1.165) is 0 Å². The van der Waals surface area contributed by atoms with Gasteiger partial charge in [0.1, 0.15) is 12.6 Å². The van der Waals surface area contributed by atoms with Crippen molar-refractivity contribution < 1.29 is 14.3 Å². The summed E-state index contributed by atoms with van der Waals surface area (Å²) in [6, 6.07) is -0.890. The molecule has 0 radical (unpaired) electrons. The molecule has 1 atom stereocenters. The summed E-state index contributed by atoms with van der Waals surface area (Å²) >= 11 is 0. The van der Waals surface area contributed by atoms with Crippen LogP contribution in [0.25, 0.3) is 0 Å². The van der Waals surface area contributed by atoms with Crippen LogP contribution in [0.5, 0.6) is 0 Å². The Balaban J connectivity index is 3.94. The largest absolute Gasteiger partial charge is 0.460 e. The first kappa shape index (κ1) is 12.6. The standard InChI is InChI=1S/C10H15NO3/c1-3-5-8(12)7-9(11)10(13)14-6-4-2/h3-5,9H,2,6-7,11H2,1H3/t9-/m0/s1. The molecule has 14 heavy (non-hydrogen) atoms. The predicted octanol–water partition coefficient (Wildman–Crippen LogP) is 0.578. The molecule has 0 fully saturated rings. The Labute approximate surface area is 83.4 Å². The van der Waals surface area contributed by atoms with Gasteiger partial charge in [-0.3, -0.25) is 9.59 Å². The van der Waals surface area contributed by atoms with Crippen molar-refractivity contribution >= 4 is 11.8 Å². The summed E-state index contributed by atoms with van der Waals surface area (Å²) in [4.78, 5) is 22.1. The highest BCUT2D eigenvalue weighted by Gasteiger charge is 2.16. The average molecular weight is 197 g/mol. The molecule has 0 aromatic heterocycles. The van der Waals surface area contributed by atoms with Crippen molar-refractivity contribution in [3.05, 3.63) is 24.8 Å². The van der Waals surface area contributed by atoms with Crippen molar-refractivity contribution in [2.45, 2.75) is 19.4 Å². The SMILES string of the molecule is C=CCOC(=O)[C@@H](N)CC(=O)C=CC. The molecule has 0 aliphatic carbocycles. The quantitative estimate of drug-likeness (QED) is 0.384. The molecule has 0 aliphatic heterocycles. The molecular formula is C10H15NO3. The predicted molar refractivity (Wildman–Crippen MR) is 53.6 cm³/mol. The van der Waals surface area contributed by atoms with Crippen molar-refractivity contribution in [2.75, 3.05) is 6.61 Å². The maximum absolute atomic E-state index is 11.1.